The molecule has 0 aromatic carbocycles. The van der Waals surface area contributed by atoms with Crippen molar-refractivity contribution in [3.05, 3.63) is 24.3 Å². The SMILES string of the molecule is CCCCCCCCCCC(NCCC)c1ccncn1. The van der Waals surface area contributed by atoms with Crippen LogP contribution in [-0.4, -0.2) is 16.5 Å². The second kappa shape index (κ2) is 12.8. The van der Waals surface area contributed by atoms with E-state index in [1.54, 1.807) is 6.33 Å². The standard InChI is InChI=1S/C18H33N3/c1-3-5-6-7-8-9-10-11-12-17(20-14-4-2)18-13-15-19-16-21-18/h13,15-17,20H,3-12,14H2,1-2H3. The lowest BCUT2D eigenvalue weighted by atomic mass is 10.0. The van der Waals surface area contributed by atoms with E-state index in [1.165, 1.54) is 64.2 Å². The van der Waals surface area contributed by atoms with Gasteiger partial charge in [0, 0.05) is 12.2 Å². The predicted octanol–water partition coefficient (Wildman–Crippen LogP) is 5.05. The molecule has 1 aromatic rings. The summed E-state index contributed by atoms with van der Waals surface area (Å²) in [7, 11) is 0. The first-order valence-corrected chi connectivity index (χ1v) is 8.87. The van der Waals surface area contributed by atoms with E-state index in [2.05, 4.69) is 29.1 Å². The number of unbranched alkanes of at least 4 members (excludes halogenated alkanes) is 7. The van der Waals surface area contributed by atoms with E-state index in [0.29, 0.717) is 6.04 Å². The van der Waals surface area contributed by atoms with Crippen LogP contribution in [0.2, 0.25) is 0 Å². The molecule has 0 saturated heterocycles. The zero-order valence-electron chi connectivity index (χ0n) is 14.0. The molecule has 0 saturated carbocycles. The molecule has 3 heteroatoms. The maximum atomic E-state index is 4.41. The fourth-order valence-electron chi connectivity index (χ4n) is 2.66. The lowest BCUT2D eigenvalue weighted by Gasteiger charge is -2.17. The number of nitrogens with one attached hydrogen (secondary N) is 1. The highest BCUT2D eigenvalue weighted by atomic mass is 14.9. The Kier molecular flexibility index (Phi) is 11.0. The second-order valence-electron chi connectivity index (χ2n) is 5.90. The molecule has 1 N–H and O–H groups in total. The normalized spacial score (nSPS) is 12.5. The fraction of sp³-hybridized carbons (Fsp3) is 0.778. The number of rotatable bonds is 13. The van der Waals surface area contributed by atoms with Crippen molar-refractivity contribution in [2.24, 2.45) is 0 Å². The first-order chi connectivity index (χ1) is 10.4. The zero-order valence-corrected chi connectivity index (χ0v) is 14.0. The summed E-state index contributed by atoms with van der Waals surface area (Å²) in [6.07, 6.45) is 16.8. The highest BCUT2D eigenvalue weighted by molar-refractivity contribution is 5.04. The lowest BCUT2D eigenvalue weighted by molar-refractivity contribution is 0.456. The van der Waals surface area contributed by atoms with Crippen LogP contribution in [0, 0.1) is 0 Å². The molecule has 1 rings (SSSR count). The van der Waals surface area contributed by atoms with Crippen molar-refractivity contribution >= 4 is 0 Å². The molecule has 0 amide bonds. The molecule has 0 bridgehead atoms. The van der Waals surface area contributed by atoms with Crippen molar-refractivity contribution < 1.29 is 0 Å². The quantitative estimate of drug-likeness (QED) is 0.517. The van der Waals surface area contributed by atoms with Gasteiger partial charge in [-0.05, 0) is 25.5 Å². The van der Waals surface area contributed by atoms with E-state index in [1.807, 2.05) is 12.3 Å². The second-order valence-corrected chi connectivity index (χ2v) is 5.90. The summed E-state index contributed by atoms with van der Waals surface area (Å²) in [5.41, 5.74) is 1.14. The van der Waals surface area contributed by atoms with Crippen molar-refractivity contribution in [2.45, 2.75) is 84.1 Å². The van der Waals surface area contributed by atoms with Crippen LogP contribution < -0.4 is 5.32 Å². The summed E-state index contributed by atoms with van der Waals surface area (Å²) in [4.78, 5) is 8.42. The minimum atomic E-state index is 0.396. The molecule has 0 fully saturated rings. The third-order valence-electron chi connectivity index (χ3n) is 3.95. The molecule has 0 aliphatic rings. The Labute approximate surface area is 131 Å². The monoisotopic (exact) mass is 291 g/mol. The molecule has 120 valence electrons. The van der Waals surface area contributed by atoms with Crippen LogP contribution in [0.25, 0.3) is 0 Å². The minimum absolute atomic E-state index is 0.396. The summed E-state index contributed by atoms with van der Waals surface area (Å²) >= 11 is 0. The van der Waals surface area contributed by atoms with E-state index >= 15 is 0 Å². The largest absolute Gasteiger partial charge is 0.309 e. The first-order valence-electron chi connectivity index (χ1n) is 8.87. The highest BCUT2D eigenvalue weighted by Crippen LogP contribution is 2.18. The zero-order chi connectivity index (χ0) is 15.2. The molecular weight excluding hydrogens is 258 g/mol. The van der Waals surface area contributed by atoms with E-state index < -0.39 is 0 Å². The van der Waals surface area contributed by atoms with Gasteiger partial charge in [-0.25, -0.2) is 9.97 Å². The molecule has 0 aliphatic heterocycles. The van der Waals surface area contributed by atoms with E-state index in [4.69, 9.17) is 0 Å². The van der Waals surface area contributed by atoms with Gasteiger partial charge in [-0.15, -0.1) is 0 Å². The summed E-state index contributed by atoms with van der Waals surface area (Å²) in [5.74, 6) is 0. The molecule has 1 aromatic heterocycles. The molecular formula is C18H33N3. The van der Waals surface area contributed by atoms with Gasteiger partial charge in [-0.1, -0.05) is 65.2 Å². The smallest absolute Gasteiger partial charge is 0.115 e. The molecule has 0 radical (unpaired) electrons. The van der Waals surface area contributed by atoms with E-state index in [0.717, 1.165) is 12.2 Å². The topological polar surface area (TPSA) is 37.8 Å². The van der Waals surface area contributed by atoms with Crippen LogP contribution in [0.4, 0.5) is 0 Å². The Morgan fingerprint density at radius 2 is 1.67 bits per heavy atom. The Balaban J connectivity index is 2.18. The van der Waals surface area contributed by atoms with Crippen LogP contribution in [0.3, 0.4) is 0 Å². The Bertz CT molecular complexity index is 326. The average Bonchev–Trinajstić information content (AvgIpc) is 2.53. The summed E-state index contributed by atoms with van der Waals surface area (Å²) in [5, 5.41) is 3.61. The Morgan fingerprint density at radius 1 is 0.952 bits per heavy atom. The van der Waals surface area contributed by atoms with Crippen molar-refractivity contribution in [3.63, 3.8) is 0 Å². The van der Waals surface area contributed by atoms with Gasteiger partial charge in [-0.3, -0.25) is 0 Å². The maximum Gasteiger partial charge on any atom is 0.115 e. The fourth-order valence-corrected chi connectivity index (χ4v) is 2.66. The third-order valence-corrected chi connectivity index (χ3v) is 3.95. The number of nitrogens with zero attached hydrogens (tertiary/aromatic N) is 2. The summed E-state index contributed by atoms with van der Waals surface area (Å²) in [6, 6.07) is 2.44. The first kappa shape index (κ1) is 18.1. The van der Waals surface area contributed by atoms with Gasteiger partial charge in [0.2, 0.25) is 0 Å². The van der Waals surface area contributed by atoms with Crippen molar-refractivity contribution in [2.75, 3.05) is 6.54 Å². The predicted molar refractivity (Wildman–Crippen MR) is 90.3 cm³/mol. The molecule has 3 nitrogen and oxygen atoms in total. The molecule has 0 spiro atoms. The summed E-state index contributed by atoms with van der Waals surface area (Å²) < 4.78 is 0. The number of hydrogen-bond donors (Lipinski definition) is 1. The molecule has 1 unspecified atom stereocenters. The number of aromatic nitrogens is 2. The Morgan fingerprint density at radius 3 is 2.29 bits per heavy atom. The van der Waals surface area contributed by atoms with E-state index in [9.17, 15) is 0 Å². The van der Waals surface area contributed by atoms with Gasteiger partial charge in [0.15, 0.2) is 0 Å². The van der Waals surface area contributed by atoms with E-state index in [-0.39, 0.29) is 0 Å². The van der Waals surface area contributed by atoms with Gasteiger partial charge in [0.05, 0.1) is 5.69 Å². The number of hydrogen-bond acceptors (Lipinski definition) is 3. The van der Waals surface area contributed by atoms with Gasteiger partial charge < -0.3 is 5.32 Å². The van der Waals surface area contributed by atoms with Crippen molar-refractivity contribution in [3.8, 4) is 0 Å². The Hall–Kier alpha value is -0.960. The van der Waals surface area contributed by atoms with Gasteiger partial charge in [0.25, 0.3) is 0 Å². The minimum Gasteiger partial charge on any atom is -0.309 e. The van der Waals surface area contributed by atoms with Gasteiger partial charge >= 0.3 is 0 Å². The maximum absolute atomic E-state index is 4.41. The summed E-state index contributed by atoms with van der Waals surface area (Å²) in [6.45, 7) is 5.54. The van der Waals surface area contributed by atoms with Crippen LogP contribution in [0.5, 0.6) is 0 Å². The van der Waals surface area contributed by atoms with Crippen molar-refractivity contribution in [1.29, 1.82) is 0 Å². The molecule has 0 aliphatic carbocycles. The van der Waals surface area contributed by atoms with Crippen LogP contribution in [0.1, 0.15) is 89.8 Å². The van der Waals surface area contributed by atoms with Crippen LogP contribution in [0.15, 0.2) is 18.6 Å². The van der Waals surface area contributed by atoms with Crippen LogP contribution in [-0.2, 0) is 0 Å². The van der Waals surface area contributed by atoms with Gasteiger partial charge in [-0.2, -0.15) is 0 Å². The average molecular weight is 291 g/mol. The molecule has 1 heterocycles. The van der Waals surface area contributed by atoms with Gasteiger partial charge in [0.1, 0.15) is 6.33 Å². The van der Waals surface area contributed by atoms with Crippen molar-refractivity contribution in [1.82, 2.24) is 15.3 Å². The highest BCUT2D eigenvalue weighted by Gasteiger charge is 2.11. The molecule has 21 heavy (non-hydrogen) atoms. The lowest BCUT2D eigenvalue weighted by Crippen LogP contribution is -2.23. The van der Waals surface area contributed by atoms with Crippen LogP contribution >= 0.6 is 0 Å². The molecule has 1 atom stereocenters. The third kappa shape index (κ3) is 8.82.